The van der Waals surface area contributed by atoms with E-state index in [0.717, 1.165) is 5.56 Å². The molecule has 1 nitrogen and oxygen atoms in total. The lowest BCUT2D eigenvalue weighted by Crippen LogP contribution is -1.92. The van der Waals surface area contributed by atoms with Crippen LogP contribution in [0.15, 0.2) is 122 Å². The van der Waals surface area contributed by atoms with Crippen molar-refractivity contribution in [2.45, 2.75) is 6.92 Å². The first kappa shape index (κ1) is 19.5. The van der Waals surface area contributed by atoms with Crippen molar-refractivity contribution in [3.63, 3.8) is 0 Å². The van der Waals surface area contributed by atoms with Gasteiger partial charge in [0.25, 0.3) is 0 Å². The zero-order valence-corrected chi connectivity index (χ0v) is 18.5. The summed E-state index contributed by atoms with van der Waals surface area (Å²) in [5.41, 5.74) is 8.54. The second-order valence-corrected chi connectivity index (χ2v) is 8.54. The molecule has 0 N–H and O–H groups in total. The molecular formula is C32H23N. The first-order valence-electron chi connectivity index (χ1n) is 11.3. The van der Waals surface area contributed by atoms with Crippen LogP contribution in [0, 0.1) is 6.92 Å². The Morgan fingerprint density at radius 3 is 1.58 bits per heavy atom. The molecule has 0 saturated carbocycles. The van der Waals surface area contributed by atoms with Crippen molar-refractivity contribution >= 4 is 21.5 Å². The van der Waals surface area contributed by atoms with Gasteiger partial charge in [-0.15, -0.1) is 0 Å². The molecular weight excluding hydrogens is 398 g/mol. The van der Waals surface area contributed by atoms with Gasteiger partial charge in [0.05, 0.1) is 0 Å². The Hall–Kier alpha value is -4.23. The van der Waals surface area contributed by atoms with Gasteiger partial charge in [-0.1, -0.05) is 97.1 Å². The lowest BCUT2D eigenvalue weighted by molar-refractivity contribution is 1.27. The highest BCUT2D eigenvalue weighted by Gasteiger charge is 2.17. The molecule has 0 unspecified atom stereocenters. The average molecular weight is 422 g/mol. The Balaban J connectivity index is 1.79. The molecule has 6 aromatic rings. The Labute approximate surface area is 194 Å². The molecule has 0 aliphatic carbocycles. The molecule has 0 saturated heterocycles. The maximum atomic E-state index is 4.44. The van der Waals surface area contributed by atoms with E-state index in [0.29, 0.717) is 0 Å². The highest BCUT2D eigenvalue weighted by atomic mass is 14.6. The number of aromatic nitrogens is 1. The van der Waals surface area contributed by atoms with Gasteiger partial charge in [0.15, 0.2) is 0 Å². The van der Waals surface area contributed by atoms with Gasteiger partial charge in [0.1, 0.15) is 0 Å². The van der Waals surface area contributed by atoms with E-state index >= 15 is 0 Å². The van der Waals surface area contributed by atoms with Crippen molar-refractivity contribution in [1.29, 1.82) is 0 Å². The van der Waals surface area contributed by atoms with Crippen molar-refractivity contribution in [2.24, 2.45) is 0 Å². The van der Waals surface area contributed by atoms with E-state index in [1.165, 1.54) is 54.9 Å². The Morgan fingerprint density at radius 2 is 0.970 bits per heavy atom. The van der Waals surface area contributed by atoms with Crippen LogP contribution in [0.2, 0.25) is 0 Å². The van der Waals surface area contributed by atoms with E-state index in [9.17, 15) is 0 Å². The predicted molar refractivity (Wildman–Crippen MR) is 140 cm³/mol. The van der Waals surface area contributed by atoms with E-state index in [2.05, 4.69) is 121 Å². The summed E-state index contributed by atoms with van der Waals surface area (Å²) in [6.45, 7) is 2.09. The molecule has 1 aromatic heterocycles. The molecule has 0 fully saturated rings. The summed E-state index contributed by atoms with van der Waals surface area (Å²) in [6.07, 6.45) is 3.86. The summed E-state index contributed by atoms with van der Waals surface area (Å²) >= 11 is 0. The third-order valence-electron chi connectivity index (χ3n) is 6.36. The zero-order valence-electron chi connectivity index (χ0n) is 18.5. The fraction of sp³-hybridized carbons (Fsp3) is 0.0312. The Kier molecular flexibility index (Phi) is 4.74. The van der Waals surface area contributed by atoms with Gasteiger partial charge in [-0.2, -0.15) is 0 Å². The SMILES string of the molecule is Cc1cncc(-c2ccc3c(-c4ccccc4)c4ccccc4c(-c4ccccc4)c3c2)c1. The second-order valence-electron chi connectivity index (χ2n) is 8.54. The summed E-state index contributed by atoms with van der Waals surface area (Å²) < 4.78 is 0. The van der Waals surface area contributed by atoms with Crippen LogP contribution < -0.4 is 0 Å². The number of nitrogens with zero attached hydrogens (tertiary/aromatic N) is 1. The van der Waals surface area contributed by atoms with Crippen molar-refractivity contribution in [3.8, 4) is 33.4 Å². The third-order valence-corrected chi connectivity index (χ3v) is 6.36. The number of benzene rings is 5. The number of rotatable bonds is 3. The molecule has 0 spiro atoms. The maximum Gasteiger partial charge on any atom is 0.0346 e. The van der Waals surface area contributed by atoms with Crippen molar-refractivity contribution in [2.75, 3.05) is 0 Å². The van der Waals surface area contributed by atoms with Crippen LogP contribution >= 0.6 is 0 Å². The lowest BCUT2D eigenvalue weighted by Gasteiger charge is -2.18. The average Bonchev–Trinajstić information content (AvgIpc) is 2.88. The second kappa shape index (κ2) is 8.03. The van der Waals surface area contributed by atoms with Crippen LogP contribution in [0.25, 0.3) is 54.9 Å². The van der Waals surface area contributed by atoms with Gasteiger partial charge in [0, 0.05) is 18.0 Å². The fourth-order valence-electron chi connectivity index (χ4n) is 4.90. The smallest absolute Gasteiger partial charge is 0.0346 e. The summed E-state index contributed by atoms with van der Waals surface area (Å²) in [5, 5.41) is 5.08. The highest BCUT2D eigenvalue weighted by Crippen LogP contribution is 2.44. The number of aryl methyl sites for hydroxylation is 1. The van der Waals surface area contributed by atoms with Gasteiger partial charge in [-0.25, -0.2) is 0 Å². The molecule has 0 atom stereocenters. The van der Waals surface area contributed by atoms with E-state index < -0.39 is 0 Å². The van der Waals surface area contributed by atoms with Gasteiger partial charge in [-0.05, 0) is 74.0 Å². The van der Waals surface area contributed by atoms with Crippen LogP contribution in [0.4, 0.5) is 0 Å². The molecule has 33 heavy (non-hydrogen) atoms. The molecule has 0 radical (unpaired) electrons. The summed E-state index contributed by atoms with van der Waals surface area (Å²) in [6, 6.07) is 39.3. The predicted octanol–water partition coefficient (Wildman–Crippen LogP) is 8.70. The van der Waals surface area contributed by atoms with Gasteiger partial charge >= 0.3 is 0 Å². The largest absolute Gasteiger partial charge is 0.264 e. The van der Waals surface area contributed by atoms with Gasteiger partial charge in [0.2, 0.25) is 0 Å². The first-order valence-corrected chi connectivity index (χ1v) is 11.3. The number of hydrogen-bond donors (Lipinski definition) is 0. The maximum absolute atomic E-state index is 4.44. The highest BCUT2D eigenvalue weighted by molar-refractivity contribution is 6.21. The Bertz CT molecular complexity index is 1600. The van der Waals surface area contributed by atoms with Gasteiger partial charge < -0.3 is 0 Å². The minimum absolute atomic E-state index is 1.14. The summed E-state index contributed by atoms with van der Waals surface area (Å²) in [5.74, 6) is 0. The zero-order chi connectivity index (χ0) is 22.2. The van der Waals surface area contributed by atoms with E-state index in [4.69, 9.17) is 0 Å². The fourth-order valence-corrected chi connectivity index (χ4v) is 4.90. The minimum Gasteiger partial charge on any atom is -0.264 e. The molecule has 0 bridgehead atoms. The quantitative estimate of drug-likeness (QED) is 0.260. The normalized spacial score (nSPS) is 11.2. The molecule has 0 amide bonds. The van der Waals surface area contributed by atoms with Crippen LogP contribution in [0.5, 0.6) is 0 Å². The number of fused-ring (bicyclic) bond motifs is 2. The molecule has 0 aliphatic rings. The van der Waals surface area contributed by atoms with E-state index in [1.807, 2.05) is 12.4 Å². The first-order chi connectivity index (χ1) is 16.3. The van der Waals surface area contributed by atoms with E-state index in [-0.39, 0.29) is 0 Å². The topological polar surface area (TPSA) is 12.9 Å². The third kappa shape index (κ3) is 3.39. The minimum atomic E-state index is 1.14. The molecule has 156 valence electrons. The molecule has 6 rings (SSSR count). The molecule has 1 heteroatoms. The van der Waals surface area contributed by atoms with Crippen molar-refractivity contribution in [1.82, 2.24) is 4.98 Å². The standard InChI is InChI=1S/C32H23N/c1-22-18-26(21-33-20-22)25-16-17-29-30(19-25)32(24-12-6-3-7-13-24)28-15-9-8-14-27(28)31(29)23-10-4-2-5-11-23/h2-21H,1H3. The van der Waals surface area contributed by atoms with Crippen molar-refractivity contribution in [3.05, 3.63) is 127 Å². The van der Waals surface area contributed by atoms with Crippen molar-refractivity contribution < 1.29 is 0 Å². The number of pyridine rings is 1. The molecule has 1 heterocycles. The summed E-state index contributed by atoms with van der Waals surface area (Å²) in [7, 11) is 0. The Morgan fingerprint density at radius 1 is 0.424 bits per heavy atom. The number of hydrogen-bond acceptors (Lipinski definition) is 1. The van der Waals surface area contributed by atoms with Crippen LogP contribution in [-0.2, 0) is 0 Å². The monoisotopic (exact) mass is 421 g/mol. The lowest BCUT2D eigenvalue weighted by atomic mass is 9.85. The van der Waals surface area contributed by atoms with Gasteiger partial charge in [-0.3, -0.25) is 4.98 Å². The molecule has 5 aromatic carbocycles. The van der Waals surface area contributed by atoms with E-state index in [1.54, 1.807) is 0 Å². The molecule has 0 aliphatic heterocycles. The van der Waals surface area contributed by atoms with Crippen LogP contribution in [0.3, 0.4) is 0 Å². The summed E-state index contributed by atoms with van der Waals surface area (Å²) in [4.78, 5) is 4.44. The van der Waals surface area contributed by atoms with Crippen LogP contribution in [-0.4, -0.2) is 4.98 Å². The van der Waals surface area contributed by atoms with Crippen LogP contribution in [0.1, 0.15) is 5.56 Å².